The molecule has 0 radical (unpaired) electrons. The van der Waals surface area contributed by atoms with E-state index in [4.69, 9.17) is 5.73 Å². The van der Waals surface area contributed by atoms with E-state index in [1.165, 1.54) is 9.36 Å². The van der Waals surface area contributed by atoms with Gasteiger partial charge in [0.25, 0.3) is 5.56 Å². The number of primary amides is 1. The summed E-state index contributed by atoms with van der Waals surface area (Å²) in [6.07, 6.45) is 0. The van der Waals surface area contributed by atoms with Gasteiger partial charge in [0.1, 0.15) is 18.9 Å². The molecule has 2 aromatic carbocycles. The number of aromatic nitrogens is 6. The summed E-state index contributed by atoms with van der Waals surface area (Å²) in [6.45, 7) is 1.80. The molecule has 28 heavy (non-hydrogen) atoms. The van der Waals surface area contributed by atoms with Crippen molar-refractivity contribution in [3.05, 3.63) is 70.3 Å². The van der Waals surface area contributed by atoms with Gasteiger partial charge in [0.15, 0.2) is 0 Å². The van der Waals surface area contributed by atoms with Crippen molar-refractivity contribution in [3.8, 4) is 11.4 Å². The number of hydrogen-bond acceptors (Lipinski definition) is 6. The summed E-state index contributed by atoms with van der Waals surface area (Å²) < 4.78 is 1.25. The number of carbonyl (C=O) groups excluding carboxylic acids is 1. The van der Waals surface area contributed by atoms with Gasteiger partial charge in [-0.05, 0) is 24.3 Å². The fraction of sp³-hybridized carbons (Fsp3) is 0.158. The number of aryl methyl sites for hydroxylation is 1. The van der Waals surface area contributed by atoms with E-state index in [1.807, 2.05) is 31.2 Å². The molecule has 9 heteroatoms. The fourth-order valence-electron chi connectivity index (χ4n) is 2.91. The summed E-state index contributed by atoms with van der Waals surface area (Å²) in [5.74, 6) is 0.160. The Bertz CT molecular complexity index is 1230. The number of hydrogen-bond donors (Lipinski definition) is 1. The molecule has 9 nitrogen and oxygen atoms in total. The number of tetrazole rings is 1. The largest absolute Gasteiger partial charge is 0.368 e. The second kappa shape index (κ2) is 7.03. The minimum Gasteiger partial charge on any atom is -0.368 e. The molecule has 0 spiro atoms. The lowest BCUT2D eigenvalue weighted by molar-refractivity contribution is -0.118. The maximum atomic E-state index is 12.8. The third-order valence-electron chi connectivity index (χ3n) is 4.30. The molecule has 4 aromatic rings. The standard InChI is InChI=1S/C19H17N7O2/c1-12-6-8-13(9-7-12)18-22-24-26(23-18)11-17-21-15-5-3-2-4-14(15)19(28)25(17)10-16(20)27/h2-9H,10-11H2,1H3,(H2,20,27). The number of amides is 1. The highest BCUT2D eigenvalue weighted by Gasteiger charge is 2.15. The first-order valence-corrected chi connectivity index (χ1v) is 8.63. The Morgan fingerprint density at radius 3 is 2.61 bits per heavy atom. The van der Waals surface area contributed by atoms with E-state index in [0.29, 0.717) is 22.6 Å². The molecule has 0 aliphatic carbocycles. The third kappa shape index (κ3) is 3.37. The van der Waals surface area contributed by atoms with Gasteiger partial charge in [-0.1, -0.05) is 42.0 Å². The predicted molar refractivity (Wildman–Crippen MR) is 102 cm³/mol. The van der Waals surface area contributed by atoms with Crippen LogP contribution in [-0.2, 0) is 17.9 Å². The average Bonchev–Trinajstić information content (AvgIpc) is 3.14. The van der Waals surface area contributed by atoms with Crippen LogP contribution in [0.1, 0.15) is 11.4 Å². The SMILES string of the molecule is Cc1ccc(-c2nnn(Cc3nc4ccccc4c(=O)n3CC(N)=O)n2)cc1. The molecule has 0 fully saturated rings. The van der Waals surface area contributed by atoms with E-state index >= 15 is 0 Å². The minimum absolute atomic E-state index is 0.0756. The lowest BCUT2D eigenvalue weighted by Gasteiger charge is -2.11. The monoisotopic (exact) mass is 375 g/mol. The van der Waals surface area contributed by atoms with Crippen LogP contribution in [0.15, 0.2) is 53.3 Å². The third-order valence-corrected chi connectivity index (χ3v) is 4.30. The van der Waals surface area contributed by atoms with Crippen LogP contribution in [0.25, 0.3) is 22.3 Å². The van der Waals surface area contributed by atoms with Crippen LogP contribution in [0.3, 0.4) is 0 Å². The molecule has 2 N–H and O–H groups in total. The number of carbonyl (C=O) groups is 1. The second-order valence-corrected chi connectivity index (χ2v) is 6.41. The Kier molecular flexibility index (Phi) is 4.40. The number of benzene rings is 2. The smallest absolute Gasteiger partial charge is 0.261 e. The molecule has 4 rings (SSSR count). The van der Waals surface area contributed by atoms with Gasteiger partial charge in [0, 0.05) is 5.56 Å². The zero-order valence-corrected chi connectivity index (χ0v) is 15.1. The van der Waals surface area contributed by atoms with E-state index in [-0.39, 0.29) is 18.6 Å². The Morgan fingerprint density at radius 1 is 1.11 bits per heavy atom. The van der Waals surface area contributed by atoms with Crippen LogP contribution in [-0.4, -0.2) is 35.7 Å². The molecule has 0 saturated carbocycles. The van der Waals surface area contributed by atoms with E-state index < -0.39 is 5.91 Å². The van der Waals surface area contributed by atoms with Crippen molar-refractivity contribution in [1.82, 2.24) is 29.8 Å². The van der Waals surface area contributed by atoms with E-state index in [9.17, 15) is 9.59 Å². The fourth-order valence-corrected chi connectivity index (χ4v) is 2.91. The van der Waals surface area contributed by atoms with Gasteiger partial charge in [-0.15, -0.1) is 10.2 Å². The highest BCUT2D eigenvalue weighted by atomic mass is 16.2. The van der Waals surface area contributed by atoms with Gasteiger partial charge in [0.2, 0.25) is 11.7 Å². The molecule has 1 amide bonds. The summed E-state index contributed by atoms with van der Waals surface area (Å²) in [6, 6.07) is 14.7. The first-order valence-electron chi connectivity index (χ1n) is 8.63. The Morgan fingerprint density at radius 2 is 1.86 bits per heavy atom. The lowest BCUT2D eigenvalue weighted by Crippen LogP contribution is -2.32. The van der Waals surface area contributed by atoms with E-state index in [0.717, 1.165) is 11.1 Å². The molecule has 0 atom stereocenters. The summed E-state index contributed by atoms with van der Waals surface area (Å²) in [5.41, 5.74) is 7.47. The predicted octanol–water partition coefficient (Wildman–Crippen LogP) is 0.892. The molecule has 0 aliphatic heterocycles. The molecule has 0 saturated heterocycles. The van der Waals surface area contributed by atoms with Crippen molar-refractivity contribution >= 4 is 16.8 Å². The van der Waals surface area contributed by atoms with Crippen LogP contribution >= 0.6 is 0 Å². The maximum absolute atomic E-state index is 12.8. The Labute approximate surface area is 159 Å². The average molecular weight is 375 g/mol. The molecule has 0 aliphatic rings. The van der Waals surface area contributed by atoms with Gasteiger partial charge < -0.3 is 5.73 Å². The molecule has 2 heterocycles. The van der Waals surface area contributed by atoms with E-state index in [2.05, 4.69) is 20.4 Å². The van der Waals surface area contributed by atoms with Crippen LogP contribution in [0.4, 0.5) is 0 Å². The summed E-state index contributed by atoms with van der Waals surface area (Å²) in [7, 11) is 0. The van der Waals surface area contributed by atoms with Crippen molar-refractivity contribution < 1.29 is 4.79 Å². The highest BCUT2D eigenvalue weighted by Crippen LogP contribution is 2.14. The molecule has 0 bridgehead atoms. The summed E-state index contributed by atoms with van der Waals surface area (Å²) in [5, 5.41) is 12.9. The Balaban J connectivity index is 1.74. The van der Waals surface area contributed by atoms with Crippen molar-refractivity contribution in [3.63, 3.8) is 0 Å². The number of para-hydroxylation sites is 1. The second-order valence-electron chi connectivity index (χ2n) is 6.41. The number of fused-ring (bicyclic) bond motifs is 1. The topological polar surface area (TPSA) is 122 Å². The van der Waals surface area contributed by atoms with Crippen LogP contribution in [0, 0.1) is 6.92 Å². The van der Waals surface area contributed by atoms with Crippen molar-refractivity contribution in [1.29, 1.82) is 0 Å². The Hall–Kier alpha value is -3.88. The maximum Gasteiger partial charge on any atom is 0.261 e. The molecule has 140 valence electrons. The minimum atomic E-state index is -0.632. The molecular weight excluding hydrogens is 358 g/mol. The zero-order chi connectivity index (χ0) is 19.7. The van der Waals surface area contributed by atoms with Gasteiger partial charge in [-0.2, -0.15) is 4.80 Å². The van der Waals surface area contributed by atoms with Crippen LogP contribution in [0.2, 0.25) is 0 Å². The first kappa shape index (κ1) is 17.5. The van der Waals surface area contributed by atoms with Crippen LogP contribution < -0.4 is 11.3 Å². The van der Waals surface area contributed by atoms with Crippen molar-refractivity contribution in [2.45, 2.75) is 20.0 Å². The lowest BCUT2D eigenvalue weighted by atomic mass is 10.1. The van der Waals surface area contributed by atoms with Crippen molar-refractivity contribution in [2.75, 3.05) is 0 Å². The summed E-state index contributed by atoms with van der Waals surface area (Å²) in [4.78, 5) is 30.1. The number of nitrogens with zero attached hydrogens (tertiary/aromatic N) is 6. The van der Waals surface area contributed by atoms with Gasteiger partial charge in [-0.25, -0.2) is 4.98 Å². The molecular formula is C19H17N7O2. The highest BCUT2D eigenvalue weighted by molar-refractivity contribution is 5.78. The van der Waals surface area contributed by atoms with E-state index in [1.54, 1.807) is 24.3 Å². The number of rotatable bonds is 5. The van der Waals surface area contributed by atoms with Crippen LogP contribution in [0.5, 0.6) is 0 Å². The zero-order valence-electron chi connectivity index (χ0n) is 15.1. The van der Waals surface area contributed by atoms with Gasteiger partial charge in [0.05, 0.1) is 10.9 Å². The summed E-state index contributed by atoms with van der Waals surface area (Å²) >= 11 is 0. The quantitative estimate of drug-likeness (QED) is 0.553. The van der Waals surface area contributed by atoms with Gasteiger partial charge in [-0.3, -0.25) is 14.2 Å². The molecule has 0 unspecified atom stereocenters. The normalized spacial score (nSPS) is 11.0. The van der Waals surface area contributed by atoms with Gasteiger partial charge >= 0.3 is 0 Å². The number of nitrogens with two attached hydrogens (primary N) is 1. The molecule has 2 aromatic heterocycles. The van der Waals surface area contributed by atoms with Crippen molar-refractivity contribution in [2.24, 2.45) is 5.73 Å². The first-order chi connectivity index (χ1) is 13.5.